The first-order chi connectivity index (χ1) is 12.4. The molecule has 142 valence electrons. The Bertz CT molecular complexity index is 1060. The van der Waals surface area contributed by atoms with Crippen LogP contribution in [0.3, 0.4) is 0 Å². The van der Waals surface area contributed by atoms with Gasteiger partial charge in [0.2, 0.25) is 0 Å². The molecule has 0 unspecified atom stereocenters. The average molecular weight is 445 g/mol. The Kier molecular flexibility index (Phi) is 4.77. The van der Waals surface area contributed by atoms with Crippen molar-refractivity contribution in [2.75, 3.05) is 0 Å². The van der Waals surface area contributed by atoms with Crippen molar-refractivity contribution < 1.29 is 22.0 Å². The topological polar surface area (TPSA) is 56.0 Å². The molecule has 0 atom stereocenters. The molecule has 0 saturated carbocycles. The molecular weight excluding hydrogens is 440 g/mol. The molecule has 0 spiro atoms. The molecule has 5 nitrogen and oxygen atoms in total. The highest BCUT2D eigenvalue weighted by molar-refractivity contribution is 6.35. The summed E-state index contributed by atoms with van der Waals surface area (Å²) in [5.74, 6) is -0.571. The largest absolute Gasteiger partial charge is 0.434 e. The lowest BCUT2D eigenvalue weighted by Gasteiger charge is -2.12. The summed E-state index contributed by atoms with van der Waals surface area (Å²) < 4.78 is 67.9. The lowest BCUT2D eigenvalue weighted by molar-refractivity contribution is -0.140. The van der Waals surface area contributed by atoms with E-state index >= 15 is 0 Å². The van der Waals surface area contributed by atoms with Crippen molar-refractivity contribution >= 4 is 58.2 Å². The predicted molar refractivity (Wildman–Crippen MR) is 90.6 cm³/mol. The Hall–Kier alpha value is -2.04. The SMILES string of the molecule is C=Nc1c2c(C(F)(F)F)nc(C(F)(F)Cl)cc2nn1-c1ncc(Cl)cc1Cl. The second-order valence-electron chi connectivity index (χ2n) is 5.10. The smallest absolute Gasteiger partial charge is 0.244 e. The minimum Gasteiger partial charge on any atom is -0.244 e. The number of rotatable bonds is 3. The number of aliphatic imine (C=N–C) groups is 1. The van der Waals surface area contributed by atoms with Crippen LogP contribution in [0.1, 0.15) is 11.4 Å². The summed E-state index contributed by atoms with van der Waals surface area (Å²) in [6.45, 7) is 3.20. The van der Waals surface area contributed by atoms with E-state index in [0.717, 1.165) is 4.68 Å². The molecule has 27 heavy (non-hydrogen) atoms. The summed E-state index contributed by atoms with van der Waals surface area (Å²) in [5, 5.41) is -0.850. The molecule has 0 aliphatic carbocycles. The van der Waals surface area contributed by atoms with E-state index in [1.807, 2.05) is 0 Å². The van der Waals surface area contributed by atoms with Crippen LogP contribution in [0.5, 0.6) is 0 Å². The third-order valence-corrected chi connectivity index (χ3v) is 4.01. The molecule has 0 aromatic carbocycles. The van der Waals surface area contributed by atoms with E-state index in [4.69, 9.17) is 34.8 Å². The Morgan fingerprint density at radius 1 is 1.11 bits per heavy atom. The molecule has 0 saturated heterocycles. The second kappa shape index (κ2) is 6.54. The van der Waals surface area contributed by atoms with Gasteiger partial charge in [0.05, 0.1) is 20.9 Å². The van der Waals surface area contributed by atoms with Gasteiger partial charge in [0, 0.05) is 6.20 Å². The van der Waals surface area contributed by atoms with E-state index in [9.17, 15) is 22.0 Å². The van der Waals surface area contributed by atoms with Crippen molar-refractivity contribution in [3.8, 4) is 5.82 Å². The van der Waals surface area contributed by atoms with E-state index in [1.54, 1.807) is 0 Å². The first-order valence-corrected chi connectivity index (χ1v) is 7.93. The van der Waals surface area contributed by atoms with Crippen LogP contribution in [0.2, 0.25) is 10.0 Å². The number of pyridine rings is 2. The highest BCUT2D eigenvalue weighted by Gasteiger charge is 2.41. The maximum atomic E-state index is 13.4. The Morgan fingerprint density at radius 3 is 2.30 bits per heavy atom. The molecule has 13 heteroatoms. The van der Waals surface area contributed by atoms with Gasteiger partial charge >= 0.3 is 11.6 Å². The van der Waals surface area contributed by atoms with Crippen LogP contribution in [-0.4, -0.2) is 26.5 Å². The van der Waals surface area contributed by atoms with Gasteiger partial charge in [0.15, 0.2) is 17.3 Å². The molecule has 3 rings (SSSR count). The van der Waals surface area contributed by atoms with Crippen LogP contribution in [0, 0.1) is 0 Å². The molecule has 3 heterocycles. The van der Waals surface area contributed by atoms with Crippen molar-refractivity contribution in [2.24, 2.45) is 4.99 Å². The van der Waals surface area contributed by atoms with Crippen LogP contribution in [0.25, 0.3) is 16.7 Å². The van der Waals surface area contributed by atoms with Crippen LogP contribution >= 0.6 is 34.8 Å². The van der Waals surface area contributed by atoms with Crippen molar-refractivity contribution in [3.63, 3.8) is 0 Å². The molecular formula is C14H5Cl3F5N5. The van der Waals surface area contributed by atoms with Gasteiger partial charge in [-0.2, -0.15) is 31.7 Å². The second-order valence-corrected chi connectivity index (χ2v) is 6.42. The van der Waals surface area contributed by atoms with E-state index in [0.29, 0.717) is 6.07 Å². The number of nitrogens with zero attached hydrogens (tertiary/aromatic N) is 5. The van der Waals surface area contributed by atoms with Gasteiger partial charge in [-0.25, -0.2) is 15.0 Å². The van der Waals surface area contributed by atoms with Crippen molar-refractivity contribution in [2.45, 2.75) is 11.6 Å². The first-order valence-electron chi connectivity index (χ1n) is 6.79. The van der Waals surface area contributed by atoms with Gasteiger partial charge in [0.25, 0.3) is 0 Å². The summed E-state index contributed by atoms with van der Waals surface area (Å²) in [6, 6.07) is 1.89. The maximum absolute atomic E-state index is 13.4. The fourth-order valence-corrected chi connectivity index (χ4v) is 2.86. The lowest BCUT2D eigenvalue weighted by atomic mass is 10.2. The number of hydrogen-bond acceptors (Lipinski definition) is 4. The molecule has 0 bridgehead atoms. The normalized spacial score (nSPS) is 12.6. The van der Waals surface area contributed by atoms with Crippen molar-refractivity contribution in [3.05, 3.63) is 39.8 Å². The Labute approximate surface area is 162 Å². The lowest BCUT2D eigenvalue weighted by Crippen LogP contribution is -2.14. The number of halogens is 8. The third-order valence-electron chi connectivity index (χ3n) is 3.33. The van der Waals surface area contributed by atoms with Crippen LogP contribution < -0.4 is 0 Å². The van der Waals surface area contributed by atoms with Gasteiger partial charge in [0.1, 0.15) is 5.69 Å². The molecule has 0 radical (unpaired) electrons. The molecule has 3 aromatic heterocycles. The highest BCUT2D eigenvalue weighted by Crippen LogP contribution is 2.42. The summed E-state index contributed by atoms with van der Waals surface area (Å²) in [5.41, 5.74) is -3.46. The zero-order chi connectivity index (χ0) is 20.1. The minimum absolute atomic E-state index is 0.0652. The maximum Gasteiger partial charge on any atom is 0.434 e. The molecule has 0 fully saturated rings. The number of fused-ring (bicyclic) bond motifs is 1. The Balaban J connectivity index is 2.44. The quantitative estimate of drug-likeness (QED) is 0.293. The Morgan fingerprint density at radius 2 is 1.78 bits per heavy atom. The predicted octanol–water partition coefficient (Wildman–Crippen LogP) is 5.76. The summed E-state index contributed by atoms with van der Waals surface area (Å²) in [6.07, 6.45) is -3.93. The fourth-order valence-electron chi connectivity index (χ4n) is 2.30. The zero-order valence-corrected chi connectivity index (χ0v) is 15.0. The summed E-state index contributed by atoms with van der Waals surface area (Å²) in [7, 11) is 0. The highest BCUT2D eigenvalue weighted by atomic mass is 35.5. The van der Waals surface area contributed by atoms with Crippen molar-refractivity contribution in [1.82, 2.24) is 19.7 Å². The first kappa shape index (κ1) is 19.7. The van der Waals surface area contributed by atoms with Gasteiger partial charge in [-0.05, 0) is 30.5 Å². The molecule has 3 aromatic rings. The van der Waals surface area contributed by atoms with Crippen LogP contribution in [0.15, 0.2) is 23.3 Å². The molecule has 0 N–H and O–H groups in total. The molecule has 0 amide bonds. The van der Waals surface area contributed by atoms with Crippen molar-refractivity contribution in [1.29, 1.82) is 0 Å². The van der Waals surface area contributed by atoms with Crippen LogP contribution in [-0.2, 0) is 11.6 Å². The van der Waals surface area contributed by atoms with E-state index in [-0.39, 0.29) is 15.9 Å². The summed E-state index contributed by atoms with van der Waals surface area (Å²) >= 11 is 16.6. The van der Waals surface area contributed by atoms with Gasteiger partial charge in [-0.15, -0.1) is 0 Å². The average Bonchev–Trinajstić information content (AvgIpc) is 2.90. The van der Waals surface area contributed by atoms with E-state index in [2.05, 4.69) is 26.8 Å². The number of hydrogen-bond donors (Lipinski definition) is 0. The van der Waals surface area contributed by atoms with E-state index < -0.39 is 39.7 Å². The van der Waals surface area contributed by atoms with E-state index in [1.165, 1.54) is 12.3 Å². The molecule has 0 aliphatic rings. The van der Waals surface area contributed by atoms with Gasteiger partial charge in [-0.3, -0.25) is 0 Å². The summed E-state index contributed by atoms with van der Waals surface area (Å²) in [4.78, 5) is 10.4. The number of alkyl halides is 6. The molecule has 0 aliphatic heterocycles. The van der Waals surface area contributed by atoms with Crippen LogP contribution in [0.4, 0.5) is 27.8 Å². The standard InChI is InChI=1S/C14H5Cl3F5N5/c1-23-12-9-7(26-27(12)11-6(16)2-5(15)4-24-11)3-8(13(17,18)19)25-10(9)14(20,21)22/h2-4H,1H2. The zero-order valence-electron chi connectivity index (χ0n) is 12.7. The number of aromatic nitrogens is 4. The van der Waals surface area contributed by atoms with Gasteiger partial charge < -0.3 is 0 Å². The fraction of sp³-hybridized carbons (Fsp3) is 0.143. The minimum atomic E-state index is -5.10. The third kappa shape index (κ3) is 3.56. The monoisotopic (exact) mass is 443 g/mol. The van der Waals surface area contributed by atoms with Gasteiger partial charge in [-0.1, -0.05) is 23.2 Å².